The maximum Gasteiger partial charge on any atom is 0.192 e. The van der Waals surface area contributed by atoms with E-state index in [2.05, 4.69) is 57.6 Å². The van der Waals surface area contributed by atoms with Crippen molar-refractivity contribution >= 4 is 20.1 Å². The monoisotopic (exact) mass is 261 g/mol. The third-order valence-electron chi connectivity index (χ3n) is 3.96. The molecule has 1 rings (SSSR count). The van der Waals surface area contributed by atoms with E-state index in [-0.39, 0.29) is 0 Å². The Bertz CT molecular complexity index is 228. The third-order valence-corrected chi connectivity index (χ3v) is 9.56. The first kappa shape index (κ1) is 14.5. The van der Waals surface area contributed by atoms with Crippen molar-refractivity contribution in [1.29, 1.82) is 0 Å². The molecule has 0 amide bonds. The molecule has 0 radical (unpaired) electrons. The van der Waals surface area contributed by atoms with Crippen molar-refractivity contribution in [3.8, 4) is 0 Å². The minimum absolute atomic E-state index is 0.327. The minimum atomic E-state index is -1.55. The summed E-state index contributed by atoms with van der Waals surface area (Å²) in [6.45, 7) is 13.7. The fourth-order valence-electron chi connectivity index (χ4n) is 1.43. The molecule has 1 aliphatic heterocycles. The third kappa shape index (κ3) is 3.76. The molecule has 4 heteroatoms. The lowest BCUT2D eigenvalue weighted by Gasteiger charge is -2.39. The molecule has 2 nitrogen and oxygen atoms in total. The number of nitrogens with zero attached hydrogens (tertiary/aromatic N) is 1. The molecule has 1 heterocycles. The van der Waals surface area contributed by atoms with E-state index in [1.54, 1.807) is 0 Å². The first-order chi connectivity index (χ1) is 7.24. The normalized spacial score (nSPS) is 24.8. The summed E-state index contributed by atoms with van der Waals surface area (Å²) in [7, 11) is 0.667. The summed E-state index contributed by atoms with van der Waals surface area (Å²) in [5, 5.41) is 0.327. The lowest BCUT2D eigenvalue weighted by molar-refractivity contribution is 0.168. The van der Waals surface area contributed by atoms with Crippen LogP contribution in [0.4, 0.5) is 0 Å². The number of likely N-dealkylation sites (N-methyl/N-ethyl adjacent to an activating group) is 1. The molecule has 0 N–H and O–H groups in total. The zero-order chi connectivity index (χ0) is 12.4. The zero-order valence-corrected chi connectivity index (χ0v) is 13.5. The van der Waals surface area contributed by atoms with Crippen LogP contribution in [-0.2, 0) is 4.43 Å². The Morgan fingerprint density at radius 3 is 2.50 bits per heavy atom. The Kier molecular flexibility index (Phi) is 4.93. The first-order valence-electron chi connectivity index (χ1n) is 6.16. The maximum absolute atomic E-state index is 6.29. The Morgan fingerprint density at radius 1 is 1.38 bits per heavy atom. The predicted molar refractivity (Wildman–Crippen MR) is 76.9 cm³/mol. The fraction of sp³-hybridized carbons (Fsp3) is 1.00. The van der Waals surface area contributed by atoms with Gasteiger partial charge in [0.05, 0.1) is 6.61 Å². The van der Waals surface area contributed by atoms with Crippen molar-refractivity contribution in [1.82, 2.24) is 4.90 Å². The second-order valence-corrected chi connectivity index (χ2v) is 12.2. The number of thioether (sulfide) groups is 1. The SMILES string of the molecule is CN1CCSCC1CO[Si](C)(C)C(C)(C)C. The largest absolute Gasteiger partial charge is 0.415 e. The van der Waals surface area contributed by atoms with Gasteiger partial charge in [0.15, 0.2) is 8.32 Å². The van der Waals surface area contributed by atoms with Gasteiger partial charge in [0.25, 0.3) is 0 Å². The molecule has 0 saturated carbocycles. The van der Waals surface area contributed by atoms with Gasteiger partial charge in [-0.25, -0.2) is 0 Å². The van der Waals surface area contributed by atoms with E-state index in [1.165, 1.54) is 18.1 Å². The second-order valence-electron chi connectivity index (χ2n) is 6.28. The molecule has 96 valence electrons. The maximum atomic E-state index is 6.29. The average molecular weight is 262 g/mol. The van der Waals surface area contributed by atoms with Crippen LogP contribution < -0.4 is 0 Å². The Balaban J connectivity index is 2.44. The van der Waals surface area contributed by atoms with E-state index in [0.29, 0.717) is 11.1 Å². The smallest absolute Gasteiger partial charge is 0.192 e. The fourth-order valence-corrected chi connectivity index (χ4v) is 3.68. The number of rotatable bonds is 3. The summed E-state index contributed by atoms with van der Waals surface area (Å²) >= 11 is 2.06. The molecule has 1 unspecified atom stereocenters. The van der Waals surface area contributed by atoms with Crippen molar-refractivity contribution in [2.75, 3.05) is 31.7 Å². The standard InChI is InChI=1S/C12H27NOSSi/c1-12(2,3)16(5,6)14-9-11-10-15-8-7-13(11)4/h11H,7-10H2,1-6H3. The molecule has 0 aromatic heterocycles. The number of hydrogen-bond acceptors (Lipinski definition) is 3. The van der Waals surface area contributed by atoms with Crippen LogP contribution in [0.3, 0.4) is 0 Å². The van der Waals surface area contributed by atoms with Gasteiger partial charge in [-0.15, -0.1) is 0 Å². The van der Waals surface area contributed by atoms with Crippen LogP contribution in [0.2, 0.25) is 18.1 Å². The predicted octanol–water partition coefficient (Wildman–Crippen LogP) is 3.06. The van der Waals surface area contributed by atoms with Gasteiger partial charge in [0, 0.05) is 24.1 Å². The van der Waals surface area contributed by atoms with Crippen molar-refractivity contribution in [2.45, 2.75) is 44.9 Å². The first-order valence-corrected chi connectivity index (χ1v) is 10.2. The van der Waals surface area contributed by atoms with Gasteiger partial charge in [0.2, 0.25) is 0 Å². The van der Waals surface area contributed by atoms with E-state index in [9.17, 15) is 0 Å². The van der Waals surface area contributed by atoms with E-state index >= 15 is 0 Å². The summed E-state index contributed by atoms with van der Waals surface area (Å²) in [6.07, 6.45) is 0. The minimum Gasteiger partial charge on any atom is -0.415 e. The Hall–Kier alpha value is 0.487. The highest BCUT2D eigenvalue weighted by molar-refractivity contribution is 7.99. The molecule has 16 heavy (non-hydrogen) atoms. The molecule has 1 fully saturated rings. The van der Waals surface area contributed by atoms with Crippen molar-refractivity contribution in [3.63, 3.8) is 0 Å². The highest BCUT2D eigenvalue weighted by Crippen LogP contribution is 2.36. The van der Waals surface area contributed by atoms with Gasteiger partial charge in [-0.3, -0.25) is 4.90 Å². The van der Waals surface area contributed by atoms with Gasteiger partial charge in [-0.2, -0.15) is 11.8 Å². The molecule has 1 saturated heterocycles. The quantitative estimate of drug-likeness (QED) is 0.725. The van der Waals surface area contributed by atoms with E-state index < -0.39 is 8.32 Å². The zero-order valence-electron chi connectivity index (χ0n) is 11.7. The van der Waals surface area contributed by atoms with Crippen molar-refractivity contribution in [2.24, 2.45) is 0 Å². The average Bonchev–Trinajstić information content (AvgIpc) is 2.15. The van der Waals surface area contributed by atoms with Gasteiger partial charge in [-0.1, -0.05) is 20.8 Å². The van der Waals surface area contributed by atoms with Crippen LogP contribution in [0.1, 0.15) is 20.8 Å². The van der Waals surface area contributed by atoms with Crippen molar-refractivity contribution < 1.29 is 4.43 Å². The lowest BCUT2D eigenvalue weighted by atomic mass is 10.2. The summed E-state index contributed by atoms with van der Waals surface area (Å²) in [5.74, 6) is 2.50. The molecule has 0 bridgehead atoms. The van der Waals surface area contributed by atoms with E-state index in [4.69, 9.17) is 4.43 Å². The van der Waals surface area contributed by atoms with Crippen LogP contribution in [0.25, 0.3) is 0 Å². The molecule has 0 aliphatic carbocycles. The topological polar surface area (TPSA) is 12.5 Å². The molecule has 0 aromatic rings. The van der Waals surface area contributed by atoms with E-state index in [1.807, 2.05) is 0 Å². The molecule has 1 atom stereocenters. The highest BCUT2D eigenvalue weighted by atomic mass is 32.2. The Morgan fingerprint density at radius 2 is 2.00 bits per heavy atom. The lowest BCUT2D eigenvalue weighted by Crippen LogP contribution is -2.48. The van der Waals surface area contributed by atoms with Crippen LogP contribution in [0.5, 0.6) is 0 Å². The van der Waals surface area contributed by atoms with E-state index in [0.717, 1.165) is 6.61 Å². The molecule has 1 aliphatic rings. The summed E-state index contributed by atoms with van der Waals surface area (Å²) in [6, 6.07) is 0.618. The molecule has 0 spiro atoms. The molecular formula is C12H27NOSSi. The van der Waals surface area contributed by atoms with Crippen LogP contribution in [-0.4, -0.2) is 51.0 Å². The number of hydrogen-bond donors (Lipinski definition) is 0. The van der Waals surface area contributed by atoms with Gasteiger partial charge >= 0.3 is 0 Å². The second kappa shape index (κ2) is 5.42. The van der Waals surface area contributed by atoms with Crippen LogP contribution in [0.15, 0.2) is 0 Å². The van der Waals surface area contributed by atoms with Gasteiger partial charge in [0.1, 0.15) is 0 Å². The molecular weight excluding hydrogens is 234 g/mol. The summed E-state index contributed by atoms with van der Waals surface area (Å²) < 4.78 is 6.29. The van der Waals surface area contributed by atoms with Crippen molar-refractivity contribution in [3.05, 3.63) is 0 Å². The van der Waals surface area contributed by atoms with Crippen LogP contribution >= 0.6 is 11.8 Å². The highest BCUT2D eigenvalue weighted by Gasteiger charge is 2.38. The van der Waals surface area contributed by atoms with Crippen LogP contribution in [0, 0.1) is 0 Å². The Labute approximate surface area is 106 Å². The van der Waals surface area contributed by atoms with Gasteiger partial charge in [-0.05, 0) is 25.2 Å². The van der Waals surface area contributed by atoms with Gasteiger partial charge < -0.3 is 4.43 Å². The summed E-state index contributed by atoms with van der Waals surface area (Å²) in [5.41, 5.74) is 0. The molecule has 0 aromatic carbocycles. The summed E-state index contributed by atoms with van der Waals surface area (Å²) in [4.78, 5) is 2.45.